The van der Waals surface area contributed by atoms with Gasteiger partial charge in [0.15, 0.2) is 0 Å². The zero-order valence-electron chi connectivity index (χ0n) is 12.7. The first-order valence-electron chi connectivity index (χ1n) is 7.47. The zero-order chi connectivity index (χ0) is 16.8. The number of carbonyl (C=O) groups excluding carboxylic acids is 2. The minimum Gasteiger partial charge on any atom is -0.480 e. The normalized spacial score (nSPS) is 14.7. The molecular formula is C16H19ClN2O4. The standard InChI is InChI=1S/C16H19ClN2O4/c17-13-6-4-12(5-7-13)9-19(11-16(22)23)15(21)10-18-8-2-1-3-14(18)20/h4-7H,1-3,8-11H2,(H,22,23). The number of carbonyl (C=O) groups is 3. The second-order valence-electron chi connectivity index (χ2n) is 5.54. The Kier molecular flexibility index (Phi) is 5.98. The van der Waals surface area contributed by atoms with Gasteiger partial charge in [-0.2, -0.15) is 0 Å². The van der Waals surface area contributed by atoms with Crippen molar-refractivity contribution in [3.8, 4) is 0 Å². The molecule has 0 saturated carbocycles. The number of carboxylic acid groups (broad SMARTS) is 1. The molecule has 1 aliphatic rings. The third-order valence-electron chi connectivity index (χ3n) is 3.71. The van der Waals surface area contributed by atoms with E-state index in [1.807, 2.05) is 0 Å². The summed E-state index contributed by atoms with van der Waals surface area (Å²) in [7, 11) is 0. The molecule has 23 heavy (non-hydrogen) atoms. The van der Waals surface area contributed by atoms with Crippen LogP contribution in [0.4, 0.5) is 0 Å². The Labute approximate surface area is 139 Å². The Balaban J connectivity index is 2.04. The monoisotopic (exact) mass is 338 g/mol. The molecule has 0 aromatic heterocycles. The predicted molar refractivity (Wildman–Crippen MR) is 84.9 cm³/mol. The number of rotatable bonds is 6. The molecule has 1 aromatic carbocycles. The van der Waals surface area contributed by atoms with Crippen molar-refractivity contribution < 1.29 is 19.5 Å². The van der Waals surface area contributed by atoms with Crippen molar-refractivity contribution >= 4 is 29.4 Å². The quantitative estimate of drug-likeness (QED) is 0.857. The van der Waals surface area contributed by atoms with E-state index >= 15 is 0 Å². The fourth-order valence-corrected chi connectivity index (χ4v) is 2.62. The molecule has 7 heteroatoms. The van der Waals surface area contributed by atoms with Gasteiger partial charge < -0.3 is 14.9 Å². The summed E-state index contributed by atoms with van der Waals surface area (Å²) in [5.74, 6) is -1.50. The fraction of sp³-hybridized carbons (Fsp3) is 0.438. The number of aliphatic carboxylic acids is 1. The van der Waals surface area contributed by atoms with Crippen LogP contribution in [0.3, 0.4) is 0 Å². The number of hydrogen-bond donors (Lipinski definition) is 1. The SMILES string of the molecule is O=C(O)CN(Cc1ccc(Cl)cc1)C(=O)CN1CCCCC1=O. The summed E-state index contributed by atoms with van der Waals surface area (Å²) in [5, 5.41) is 9.59. The molecule has 0 aliphatic carbocycles. The van der Waals surface area contributed by atoms with E-state index in [0.29, 0.717) is 18.0 Å². The van der Waals surface area contributed by atoms with Crippen molar-refractivity contribution in [2.45, 2.75) is 25.8 Å². The first kappa shape index (κ1) is 17.3. The highest BCUT2D eigenvalue weighted by Gasteiger charge is 2.24. The van der Waals surface area contributed by atoms with Gasteiger partial charge in [-0.25, -0.2) is 0 Å². The van der Waals surface area contributed by atoms with Crippen LogP contribution in [0.25, 0.3) is 0 Å². The van der Waals surface area contributed by atoms with Gasteiger partial charge in [-0.15, -0.1) is 0 Å². The molecule has 1 N–H and O–H groups in total. The highest BCUT2D eigenvalue weighted by molar-refractivity contribution is 6.30. The number of benzene rings is 1. The van der Waals surface area contributed by atoms with Crippen LogP contribution in [0, 0.1) is 0 Å². The summed E-state index contributed by atoms with van der Waals surface area (Å²) in [6.07, 6.45) is 2.16. The van der Waals surface area contributed by atoms with Crippen molar-refractivity contribution in [1.29, 1.82) is 0 Å². The number of amides is 2. The summed E-state index contributed by atoms with van der Waals surface area (Å²) in [6, 6.07) is 6.87. The molecule has 1 heterocycles. The first-order valence-corrected chi connectivity index (χ1v) is 7.85. The fourth-order valence-electron chi connectivity index (χ4n) is 2.50. The molecule has 0 bridgehead atoms. The van der Waals surface area contributed by atoms with Crippen LogP contribution >= 0.6 is 11.6 Å². The maximum absolute atomic E-state index is 12.4. The van der Waals surface area contributed by atoms with Gasteiger partial charge in [0, 0.05) is 24.5 Å². The molecule has 1 fully saturated rings. The molecule has 124 valence electrons. The predicted octanol–water partition coefficient (Wildman–Crippen LogP) is 1.77. The highest BCUT2D eigenvalue weighted by atomic mass is 35.5. The Morgan fingerprint density at radius 3 is 2.52 bits per heavy atom. The maximum Gasteiger partial charge on any atom is 0.323 e. The van der Waals surface area contributed by atoms with Gasteiger partial charge >= 0.3 is 5.97 Å². The van der Waals surface area contributed by atoms with E-state index in [4.69, 9.17) is 16.7 Å². The van der Waals surface area contributed by atoms with Crippen molar-refractivity contribution in [2.75, 3.05) is 19.6 Å². The lowest BCUT2D eigenvalue weighted by Crippen LogP contribution is -2.45. The van der Waals surface area contributed by atoms with E-state index in [0.717, 1.165) is 18.4 Å². The molecule has 0 atom stereocenters. The van der Waals surface area contributed by atoms with Crippen LogP contribution in [-0.2, 0) is 20.9 Å². The van der Waals surface area contributed by atoms with Gasteiger partial charge in [-0.3, -0.25) is 14.4 Å². The number of hydrogen-bond acceptors (Lipinski definition) is 3. The van der Waals surface area contributed by atoms with Crippen LogP contribution in [0.2, 0.25) is 5.02 Å². The third-order valence-corrected chi connectivity index (χ3v) is 3.96. The van der Waals surface area contributed by atoms with Crippen LogP contribution in [0.15, 0.2) is 24.3 Å². The molecule has 1 saturated heterocycles. The largest absolute Gasteiger partial charge is 0.480 e. The summed E-state index contributed by atoms with van der Waals surface area (Å²) in [4.78, 5) is 38.0. The Morgan fingerprint density at radius 1 is 1.22 bits per heavy atom. The Bertz CT molecular complexity index is 588. The smallest absolute Gasteiger partial charge is 0.323 e. The van der Waals surface area contributed by atoms with Gasteiger partial charge in [-0.05, 0) is 30.5 Å². The lowest BCUT2D eigenvalue weighted by Gasteiger charge is -2.29. The number of nitrogens with zero attached hydrogens (tertiary/aromatic N) is 2. The molecule has 0 unspecified atom stereocenters. The van der Waals surface area contributed by atoms with E-state index in [-0.39, 0.29) is 24.9 Å². The maximum atomic E-state index is 12.4. The van der Waals surface area contributed by atoms with Crippen LogP contribution in [0.1, 0.15) is 24.8 Å². The van der Waals surface area contributed by atoms with Crippen LogP contribution in [0.5, 0.6) is 0 Å². The summed E-state index contributed by atoms with van der Waals surface area (Å²) < 4.78 is 0. The Morgan fingerprint density at radius 2 is 1.91 bits per heavy atom. The summed E-state index contributed by atoms with van der Waals surface area (Å²) >= 11 is 5.82. The van der Waals surface area contributed by atoms with Crippen molar-refractivity contribution in [3.63, 3.8) is 0 Å². The molecule has 2 rings (SSSR count). The van der Waals surface area contributed by atoms with E-state index in [9.17, 15) is 14.4 Å². The molecule has 0 radical (unpaired) electrons. The van der Waals surface area contributed by atoms with Crippen LogP contribution < -0.4 is 0 Å². The number of piperidine rings is 1. The van der Waals surface area contributed by atoms with E-state index in [2.05, 4.69) is 0 Å². The second-order valence-corrected chi connectivity index (χ2v) is 5.98. The van der Waals surface area contributed by atoms with E-state index in [1.165, 1.54) is 9.80 Å². The highest BCUT2D eigenvalue weighted by Crippen LogP contribution is 2.13. The van der Waals surface area contributed by atoms with Crippen molar-refractivity contribution in [2.24, 2.45) is 0 Å². The van der Waals surface area contributed by atoms with Gasteiger partial charge in [-0.1, -0.05) is 23.7 Å². The van der Waals surface area contributed by atoms with Gasteiger partial charge in [0.05, 0.1) is 6.54 Å². The summed E-state index contributed by atoms with van der Waals surface area (Å²) in [6.45, 7) is 0.250. The minimum atomic E-state index is -1.09. The number of carboxylic acids is 1. The average molecular weight is 339 g/mol. The molecule has 1 aromatic rings. The molecule has 1 aliphatic heterocycles. The molecule has 0 spiro atoms. The van der Waals surface area contributed by atoms with Gasteiger partial charge in [0.1, 0.15) is 6.54 Å². The van der Waals surface area contributed by atoms with Gasteiger partial charge in [0.2, 0.25) is 11.8 Å². The first-order chi connectivity index (χ1) is 11.0. The van der Waals surface area contributed by atoms with Crippen molar-refractivity contribution in [3.05, 3.63) is 34.9 Å². The minimum absolute atomic E-state index is 0.0497. The van der Waals surface area contributed by atoms with Gasteiger partial charge in [0.25, 0.3) is 0 Å². The van der Waals surface area contributed by atoms with Crippen LogP contribution in [-0.4, -0.2) is 52.3 Å². The topological polar surface area (TPSA) is 77.9 Å². The average Bonchev–Trinajstić information content (AvgIpc) is 2.50. The van der Waals surface area contributed by atoms with E-state index < -0.39 is 12.5 Å². The number of likely N-dealkylation sites (tertiary alicyclic amines) is 1. The Hall–Kier alpha value is -2.08. The van der Waals surface area contributed by atoms with Crippen molar-refractivity contribution in [1.82, 2.24) is 9.80 Å². The lowest BCUT2D eigenvalue weighted by atomic mass is 10.1. The third kappa shape index (κ3) is 5.25. The lowest BCUT2D eigenvalue weighted by molar-refractivity contribution is -0.147. The summed E-state index contributed by atoms with van der Waals surface area (Å²) in [5.41, 5.74) is 0.786. The van der Waals surface area contributed by atoms with E-state index in [1.54, 1.807) is 24.3 Å². The number of halogens is 1. The molecule has 2 amide bonds. The second kappa shape index (κ2) is 7.97. The molecular weight excluding hydrogens is 320 g/mol. The zero-order valence-corrected chi connectivity index (χ0v) is 13.5. The molecule has 6 nitrogen and oxygen atoms in total.